The SMILES string of the molecule is Cc1ccc(-c2nnc(CCl)s2)cc1[N+](=O)[O-]. The van der Waals surface area contributed by atoms with Crippen LogP contribution in [0.1, 0.15) is 10.6 Å². The molecule has 0 bridgehead atoms. The minimum absolute atomic E-state index is 0.0881. The Morgan fingerprint density at radius 2 is 2.24 bits per heavy atom. The Morgan fingerprint density at radius 3 is 2.82 bits per heavy atom. The highest BCUT2D eigenvalue weighted by Gasteiger charge is 2.14. The van der Waals surface area contributed by atoms with Gasteiger partial charge in [0.25, 0.3) is 5.69 Å². The van der Waals surface area contributed by atoms with Crippen LogP contribution in [0.15, 0.2) is 18.2 Å². The van der Waals surface area contributed by atoms with Crippen LogP contribution in [-0.4, -0.2) is 15.1 Å². The van der Waals surface area contributed by atoms with Crippen molar-refractivity contribution in [3.05, 3.63) is 38.9 Å². The second-order valence-corrected chi connectivity index (χ2v) is 4.72. The van der Waals surface area contributed by atoms with Crippen LogP contribution in [0.5, 0.6) is 0 Å². The molecule has 0 aliphatic heterocycles. The van der Waals surface area contributed by atoms with Crippen molar-refractivity contribution in [2.75, 3.05) is 0 Å². The van der Waals surface area contributed by atoms with Gasteiger partial charge in [0.15, 0.2) is 0 Å². The van der Waals surface area contributed by atoms with Gasteiger partial charge in [-0.05, 0) is 6.92 Å². The molecule has 1 aromatic carbocycles. The molecular formula is C10H8ClN3O2S. The normalized spacial score (nSPS) is 10.5. The summed E-state index contributed by atoms with van der Waals surface area (Å²) in [6.07, 6.45) is 0. The van der Waals surface area contributed by atoms with Gasteiger partial charge >= 0.3 is 0 Å². The number of halogens is 1. The highest BCUT2D eigenvalue weighted by molar-refractivity contribution is 7.14. The van der Waals surface area contributed by atoms with E-state index in [0.29, 0.717) is 27.0 Å². The fraction of sp³-hybridized carbons (Fsp3) is 0.200. The van der Waals surface area contributed by atoms with Gasteiger partial charge < -0.3 is 0 Å². The maximum Gasteiger partial charge on any atom is 0.273 e. The van der Waals surface area contributed by atoms with Crippen molar-refractivity contribution >= 4 is 28.6 Å². The number of benzene rings is 1. The van der Waals surface area contributed by atoms with Crippen LogP contribution in [0.25, 0.3) is 10.6 Å². The van der Waals surface area contributed by atoms with Crippen molar-refractivity contribution in [3.63, 3.8) is 0 Å². The standard InChI is InChI=1S/C10H8ClN3O2S/c1-6-2-3-7(4-8(6)14(15)16)10-13-12-9(5-11)17-10/h2-4H,5H2,1H3. The van der Waals surface area contributed by atoms with E-state index < -0.39 is 4.92 Å². The Balaban J connectivity index is 2.46. The first-order valence-corrected chi connectivity index (χ1v) is 6.10. The van der Waals surface area contributed by atoms with Crippen LogP contribution in [0.2, 0.25) is 0 Å². The number of rotatable bonds is 3. The van der Waals surface area contributed by atoms with Gasteiger partial charge in [-0.15, -0.1) is 21.8 Å². The molecule has 0 aliphatic rings. The molecular weight excluding hydrogens is 262 g/mol. The summed E-state index contributed by atoms with van der Waals surface area (Å²) in [5, 5.41) is 20.0. The van der Waals surface area contributed by atoms with Gasteiger partial charge in [0.05, 0.1) is 10.8 Å². The lowest BCUT2D eigenvalue weighted by Crippen LogP contribution is -1.91. The molecule has 17 heavy (non-hydrogen) atoms. The Hall–Kier alpha value is -1.53. The predicted molar refractivity (Wildman–Crippen MR) is 66.3 cm³/mol. The summed E-state index contributed by atoms with van der Waals surface area (Å²) in [7, 11) is 0. The molecule has 2 aromatic rings. The molecule has 0 unspecified atom stereocenters. The van der Waals surface area contributed by atoms with Crippen molar-refractivity contribution in [1.82, 2.24) is 10.2 Å². The molecule has 0 radical (unpaired) electrons. The summed E-state index contributed by atoms with van der Waals surface area (Å²) in [4.78, 5) is 10.4. The van der Waals surface area contributed by atoms with Gasteiger partial charge in [0.1, 0.15) is 10.0 Å². The molecule has 5 nitrogen and oxygen atoms in total. The first-order chi connectivity index (χ1) is 8.11. The van der Waals surface area contributed by atoms with Crippen molar-refractivity contribution in [2.24, 2.45) is 0 Å². The van der Waals surface area contributed by atoms with Gasteiger partial charge in [0, 0.05) is 17.2 Å². The maximum absolute atomic E-state index is 10.8. The number of alkyl halides is 1. The van der Waals surface area contributed by atoms with E-state index in [1.54, 1.807) is 19.1 Å². The molecule has 2 rings (SSSR count). The molecule has 0 spiro atoms. The number of hydrogen-bond donors (Lipinski definition) is 0. The summed E-state index contributed by atoms with van der Waals surface area (Å²) in [5.41, 5.74) is 1.40. The maximum atomic E-state index is 10.8. The van der Waals surface area contributed by atoms with Gasteiger partial charge in [-0.2, -0.15) is 0 Å². The molecule has 88 valence electrons. The van der Waals surface area contributed by atoms with E-state index in [1.165, 1.54) is 17.4 Å². The quantitative estimate of drug-likeness (QED) is 0.487. The smallest absolute Gasteiger partial charge is 0.258 e. The Kier molecular flexibility index (Phi) is 3.35. The van der Waals surface area contributed by atoms with E-state index in [0.717, 1.165) is 0 Å². The third-order valence-corrected chi connectivity index (χ3v) is 3.62. The molecule has 0 fully saturated rings. The number of nitro benzene ring substituents is 1. The first-order valence-electron chi connectivity index (χ1n) is 4.75. The van der Waals surface area contributed by atoms with E-state index in [9.17, 15) is 10.1 Å². The lowest BCUT2D eigenvalue weighted by atomic mass is 10.1. The van der Waals surface area contributed by atoms with Crippen LogP contribution in [0.4, 0.5) is 5.69 Å². The summed E-state index contributed by atoms with van der Waals surface area (Å²) in [5.74, 6) is 0.297. The van der Waals surface area contributed by atoms with E-state index in [4.69, 9.17) is 11.6 Å². The van der Waals surface area contributed by atoms with Crippen LogP contribution in [0.3, 0.4) is 0 Å². The monoisotopic (exact) mass is 269 g/mol. The third kappa shape index (κ3) is 2.42. The van der Waals surface area contributed by atoms with E-state index in [2.05, 4.69) is 10.2 Å². The second-order valence-electron chi connectivity index (χ2n) is 3.39. The Morgan fingerprint density at radius 1 is 1.47 bits per heavy atom. The zero-order valence-electron chi connectivity index (χ0n) is 8.88. The van der Waals surface area contributed by atoms with Crippen molar-refractivity contribution in [2.45, 2.75) is 12.8 Å². The zero-order valence-corrected chi connectivity index (χ0v) is 10.5. The van der Waals surface area contributed by atoms with Crippen molar-refractivity contribution in [1.29, 1.82) is 0 Å². The average Bonchev–Trinajstić information content (AvgIpc) is 2.78. The molecule has 0 N–H and O–H groups in total. The van der Waals surface area contributed by atoms with Gasteiger partial charge in [-0.3, -0.25) is 10.1 Å². The largest absolute Gasteiger partial charge is 0.273 e. The molecule has 1 aromatic heterocycles. The van der Waals surface area contributed by atoms with Crippen LogP contribution in [0, 0.1) is 17.0 Å². The summed E-state index contributed by atoms with van der Waals surface area (Å²) in [6, 6.07) is 5.00. The Bertz CT molecular complexity index is 570. The first kappa shape index (κ1) is 11.9. The highest BCUT2D eigenvalue weighted by Crippen LogP contribution is 2.29. The number of nitrogens with zero attached hydrogens (tertiary/aromatic N) is 3. The number of nitro groups is 1. The molecule has 7 heteroatoms. The van der Waals surface area contributed by atoms with E-state index in [1.807, 2.05) is 0 Å². The summed E-state index contributed by atoms with van der Waals surface area (Å²) >= 11 is 6.97. The average molecular weight is 270 g/mol. The summed E-state index contributed by atoms with van der Waals surface area (Å²) < 4.78 is 0. The van der Waals surface area contributed by atoms with Gasteiger partial charge in [0.2, 0.25) is 0 Å². The topological polar surface area (TPSA) is 68.9 Å². The predicted octanol–water partition coefficient (Wildman–Crippen LogP) is 3.16. The van der Waals surface area contributed by atoms with E-state index in [-0.39, 0.29) is 5.69 Å². The van der Waals surface area contributed by atoms with E-state index >= 15 is 0 Å². The number of aryl methyl sites for hydroxylation is 1. The van der Waals surface area contributed by atoms with Crippen LogP contribution in [-0.2, 0) is 5.88 Å². The van der Waals surface area contributed by atoms with Crippen molar-refractivity contribution < 1.29 is 4.92 Å². The minimum Gasteiger partial charge on any atom is -0.258 e. The fourth-order valence-electron chi connectivity index (χ4n) is 1.36. The molecule has 0 saturated carbocycles. The molecule has 0 atom stereocenters. The minimum atomic E-state index is -0.400. The lowest BCUT2D eigenvalue weighted by molar-refractivity contribution is -0.385. The summed E-state index contributed by atoms with van der Waals surface area (Å²) in [6.45, 7) is 1.70. The van der Waals surface area contributed by atoms with Gasteiger partial charge in [-0.1, -0.05) is 23.5 Å². The third-order valence-electron chi connectivity index (χ3n) is 2.23. The number of aromatic nitrogens is 2. The van der Waals surface area contributed by atoms with Crippen LogP contribution < -0.4 is 0 Å². The molecule has 0 aliphatic carbocycles. The second kappa shape index (κ2) is 4.77. The number of hydrogen-bond acceptors (Lipinski definition) is 5. The van der Waals surface area contributed by atoms with Crippen LogP contribution >= 0.6 is 22.9 Å². The lowest BCUT2D eigenvalue weighted by Gasteiger charge is -1.99. The molecule has 0 saturated heterocycles. The molecule has 0 amide bonds. The Labute approximate surface area is 106 Å². The fourth-order valence-corrected chi connectivity index (χ4v) is 2.27. The molecule has 1 heterocycles. The zero-order chi connectivity index (χ0) is 12.4. The van der Waals surface area contributed by atoms with Crippen molar-refractivity contribution in [3.8, 4) is 10.6 Å². The van der Waals surface area contributed by atoms with Gasteiger partial charge in [-0.25, -0.2) is 0 Å². The highest BCUT2D eigenvalue weighted by atomic mass is 35.5.